The van der Waals surface area contributed by atoms with Crippen LogP contribution in [0.25, 0.3) is 11.0 Å². The smallest absolute Gasteiger partial charge is 0.145 e. The molecule has 1 aliphatic carbocycles. The lowest BCUT2D eigenvalue weighted by molar-refractivity contribution is 0.391. The Kier molecular flexibility index (Phi) is 6.61. The fourth-order valence-corrected chi connectivity index (χ4v) is 4.47. The summed E-state index contributed by atoms with van der Waals surface area (Å²) in [4.78, 5) is 9.12. The van der Waals surface area contributed by atoms with E-state index in [2.05, 4.69) is 51.3 Å². The number of methoxy groups -OCH3 is 2. The first-order valence-corrected chi connectivity index (χ1v) is 11.1. The van der Waals surface area contributed by atoms with E-state index in [0.717, 1.165) is 46.4 Å². The maximum absolute atomic E-state index is 5.52. The fourth-order valence-electron chi connectivity index (χ4n) is 4.47. The topological polar surface area (TPSA) is 73.2 Å². The summed E-state index contributed by atoms with van der Waals surface area (Å²) in [6.45, 7) is 6.12. The van der Waals surface area contributed by atoms with Crippen LogP contribution in [-0.4, -0.2) is 41.3 Å². The normalized spacial score (nSPS) is 18.6. The molecule has 2 N–H and O–H groups in total. The number of hydrogen-bond donors (Lipinski definition) is 2. The molecule has 31 heavy (non-hydrogen) atoms. The van der Waals surface area contributed by atoms with Crippen LogP contribution in [0.1, 0.15) is 44.7 Å². The highest BCUT2D eigenvalue weighted by atomic mass is 16.5. The number of rotatable bonds is 9. The molecule has 7 heteroatoms. The van der Waals surface area contributed by atoms with Gasteiger partial charge >= 0.3 is 0 Å². The predicted octanol–water partition coefficient (Wildman–Crippen LogP) is 4.40. The van der Waals surface area contributed by atoms with Crippen LogP contribution in [0, 0.1) is 5.92 Å². The quantitative estimate of drug-likeness (QED) is 0.531. The molecule has 166 valence electrons. The van der Waals surface area contributed by atoms with Crippen LogP contribution in [-0.2, 0) is 6.54 Å². The third-order valence-electron chi connectivity index (χ3n) is 6.17. The minimum absolute atomic E-state index is 0.501. The zero-order valence-corrected chi connectivity index (χ0v) is 18.9. The largest absolute Gasteiger partial charge is 0.497 e. The number of nitrogens with zero attached hydrogens (tertiary/aromatic N) is 3. The number of anilines is 1. The fraction of sp³-hybridized carbons (Fsp3) is 0.500. The van der Waals surface area contributed by atoms with Crippen LogP contribution in [0.4, 0.5) is 5.82 Å². The Labute approximate surface area is 184 Å². The third-order valence-corrected chi connectivity index (χ3v) is 6.17. The molecule has 0 amide bonds. The van der Waals surface area contributed by atoms with Crippen molar-refractivity contribution in [3.05, 3.63) is 42.4 Å². The molecule has 2 atom stereocenters. The maximum atomic E-state index is 5.52. The lowest BCUT2D eigenvalue weighted by Gasteiger charge is -2.16. The summed E-state index contributed by atoms with van der Waals surface area (Å²) in [6, 6.07) is 9.02. The van der Waals surface area contributed by atoms with E-state index in [-0.39, 0.29) is 0 Å². The van der Waals surface area contributed by atoms with Crippen LogP contribution in [0.2, 0.25) is 0 Å². The highest BCUT2D eigenvalue weighted by molar-refractivity contribution is 5.87. The van der Waals surface area contributed by atoms with Crippen molar-refractivity contribution < 1.29 is 9.47 Å². The van der Waals surface area contributed by atoms with Gasteiger partial charge in [-0.1, -0.05) is 13.8 Å². The van der Waals surface area contributed by atoms with Gasteiger partial charge in [-0.2, -0.15) is 0 Å². The first-order chi connectivity index (χ1) is 15.1. The summed E-state index contributed by atoms with van der Waals surface area (Å²) in [5, 5.41) is 8.11. The van der Waals surface area contributed by atoms with Gasteiger partial charge in [-0.05, 0) is 49.9 Å². The van der Waals surface area contributed by atoms with E-state index >= 15 is 0 Å². The van der Waals surface area contributed by atoms with Gasteiger partial charge in [0.25, 0.3) is 0 Å². The second kappa shape index (κ2) is 9.56. The van der Waals surface area contributed by atoms with Gasteiger partial charge in [0, 0.05) is 36.5 Å². The molecule has 1 aliphatic rings. The van der Waals surface area contributed by atoms with Crippen molar-refractivity contribution in [1.82, 2.24) is 19.9 Å². The molecule has 0 radical (unpaired) electrons. The molecular weight excluding hydrogens is 390 g/mol. The van der Waals surface area contributed by atoms with E-state index in [1.54, 1.807) is 20.5 Å². The monoisotopic (exact) mass is 423 g/mol. The molecule has 3 aromatic rings. The van der Waals surface area contributed by atoms with E-state index in [4.69, 9.17) is 9.47 Å². The Morgan fingerprint density at radius 3 is 2.77 bits per heavy atom. The Morgan fingerprint density at radius 1 is 1.13 bits per heavy atom. The highest BCUT2D eigenvalue weighted by Gasteiger charge is 2.27. The molecule has 7 nitrogen and oxygen atoms in total. The summed E-state index contributed by atoms with van der Waals surface area (Å²) >= 11 is 0. The Balaban J connectivity index is 1.48. The van der Waals surface area contributed by atoms with Crippen LogP contribution >= 0.6 is 0 Å². The van der Waals surface area contributed by atoms with Crippen LogP contribution in [0.3, 0.4) is 0 Å². The summed E-state index contributed by atoms with van der Waals surface area (Å²) in [7, 11) is 3.33. The number of ether oxygens (including phenoxy) is 2. The average molecular weight is 424 g/mol. The van der Waals surface area contributed by atoms with Gasteiger partial charge < -0.3 is 24.7 Å². The molecule has 0 spiro atoms. The minimum Gasteiger partial charge on any atom is -0.497 e. The van der Waals surface area contributed by atoms with Crippen LogP contribution in [0.15, 0.2) is 36.8 Å². The maximum Gasteiger partial charge on any atom is 0.145 e. The number of hydrogen-bond acceptors (Lipinski definition) is 6. The van der Waals surface area contributed by atoms with E-state index in [1.165, 1.54) is 19.3 Å². The lowest BCUT2D eigenvalue weighted by atomic mass is 10.1. The standard InChI is InChI=1S/C24H33N5O2/c1-16(2)25-13-17-5-7-19(11-17)29-10-9-21-23(27-15-28-24(21)29)26-14-18-6-8-20(30-3)12-22(18)31-4/h6,8-10,12,15-17,19,25H,5,7,11,13-14H2,1-4H3,(H,26,27,28). The molecule has 4 rings (SSSR count). The zero-order valence-electron chi connectivity index (χ0n) is 18.9. The van der Waals surface area contributed by atoms with E-state index in [0.29, 0.717) is 18.6 Å². The summed E-state index contributed by atoms with van der Waals surface area (Å²) in [5.41, 5.74) is 2.05. The second-order valence-electron chi connectivity index (χ2n) is 8.61. The van der Waals surface area contributed by atoms with Gasteiger partial charge in [0.1, 0.15) is 29.3 Å². The number of aromatic nitrogens is 3. The average Bonchev–Trinajstić information content (AvgIpc) is 3.43. The number of fused-ring (bicyclic) bond motifs is 1. The molecule has 1 saturated carbocycles. The zero-order chi connectivity index (χ0) is 21.8. The van der Waals surface area contributed by atoms with Crippen molar-refractivity contribution in [3.63, 3.8) is 0 Å². The summed E-state index contributed by atoms with van der Waals surface area (Å²) < 4.78 is 13.1. The molecule has 2 heterocycles. The predicted molar refractivity (Wildman–Crippen MR) is 124 cm³/mol. The van der Waals surface area contributed by atoms with E-state index in [9.17, 15) is 0 Å². The summed E-state index contributed by atoms with van der Waals surface area (Å²) in [5.74, 6) is 3.15. The first kappa shape index (κ1) is 21.4. The van der Waals surface area contributed by atoms with Gasteiger partial charge in [-0.25, -0.2) is 9.97 Å². The SMILES string of the molecule is COc1ccc(CNc2ncnc3c2ccn3C2CCC(CNC(C)C)C2)c(OC)c1. The molecule has 0 aliphatic heterocycles. The minimum atomic E-state index is 0.501. The molecule has 1 fully saturated rings. The number of nitrogens with one attached hydrogen (secondary N) is 2. The molecule has 1 aromatic carbocycles. The van der Waals surface area contributed by atoms with Crippen molar-refractivity contribution >= 4 is 16.9 Å². The molecule has 2 aromatic heterocycles. The Bertz CT molecular complexity index is 1020. The first-order valence-electron chi connectivity index (χ1n) is 11.1. The van der Waals surface area contributed by atoms with E-state index < -0.39 is 0 Å². The van der Waals surface area contributed by atoms with Crippen molar-refractivity contribution in [2.24, 2.45) is 5.92 Å². The van der Waals surface area contributed by atoms with Crippen molar-refractivity contribution in [2.75, 3.05) is 26.1 Å². The lowest BCUT2D eigenvalue weighted by Crippen LogP contribution is -2.28. The van der Waals surface area contributed by atoms with Gasteiger partial charge in [-0.3, -0.25) is 0 Å². The molecular formula is C24H33N5O2. The van der Waals surface area contributed by atoms with E-state index in [1.807, 2.05) is 18.2 Å². The van der Waals surface area contributed by atoms with Crippen LogP contribution < -0.4 is 20.1 Å². The molecule has 0 bridgehead atoms. The van der Waals surface area contributed by atoms with Gasteiger partial charge in [-0.15, -0.1) is 0 Å². The molecule has 2 unspecified atom stereocenters. The third kappa shape index (κ3) is 4.77. The van der Waals surface area contributed by atoms with Crippen molar-refractivity contribution in [1.29, 1.82) is 0 Å². The Morgan fingerprint density at radius 2 is 2.00 bits per heavy atom. The van der Waals surface area contributed by atoms with Gasteiger partial charge in [0.15, 0.2) is 0 Å². The van der Waals surface area contributed by atoms with Gasteiger partial charge in [0.05, 0.1) is 19.6 Å². The molecule has 0 saturated heterocycles. The van der Waals surface area contributed by atoms with Crippen molar-refractivity contribution in [2.45, 2.75) is 51.7 Å². The van der Waals surface area contributed by atoms with Crippen LogP contribution in [0.5, 0.6) is 11.5 Å². The second-order valence-corrected chi connectivity index (χ2v) is 8.61. The van der Waals surface area contributed by atoms with Crippen molar-refractivity contribution in [3.8, 4) is 11.5 Å². The highest BCUT2D eigenvalue weighted by Crippen LogP contribution is 2.37. The summed E-state index contributed by atoms with van der Waals surface area (Å²) in [6.07, 6.45) is 7.47. The van der Waals surface area contributed by atoms with Gasteiger partial charge in [0.2, 0.25) is 0 Å². The Hall–Kier alpha value is -2.80. The number of benzene rings is 1.